The maximum atomic E-state index is 6.53. The summed E-state index contributed by atoms with van der Waals surface area (Å²) in [6, 6.07) is 23.0. The molecule has 1 saturated heterocycles. The van der Waals surface area contributed by atoms with Crippen LogP contribution in [0.3, 0.4) is 0 Å². The number of para-hydroxylation sites is 1. The molecule has 2 aromatic heterocycles. The molecule has 4 nitrogen and oxygen atoms in total. The molecule has 33 heavy (non-hydrogen) atoms. The molecule has 0 aliphatic carbocycles. The Morgan fingerprint density at radius 1 is 0.515 bits per heavy atom. The Labute approximate surface area is 191 Å². The molecule has 0 radical (unpaired) electrons. The third-order valence-corrected chi connectivity index (χ3v) is 7.53. The van der Waals surface area contributed by atoms with Gasteiger partial charge in [-0.2, -0.15) is 0 Å². The molecule has 0 spiro atoms. The van der Waals surface area contributed by atoms with Crippen LogP contribution in [0.2, 0.25) is 0 Å². The molecule has 0 N–H and O–H groups in total. The summed E-state index contributed by atoms with van der Waals surface area (Å²) in [6.45, 7) is 8.25. The second kappa shape index (κ2) is 6.19. The van der Waals surface area contributed by atoms with Gasteiger partial charge in [0, 0.05) is 32.4 Å². The van der Waals surface area contributed by atoms with E-state index in [0.717, 1.165) is 60.1 Å². The molecule has 1 aliphatic rings. The van der Waals surface area contributed by atoms with Crippen LogP contribution in [-0.2, 0) is 9.31 Å². The molecule has 0 atom stereocenters. The Bertz CT molecular complexity index is 1720. The molecule has 5 heteroatoms. The summed E-state index contributed by atoms with van der Waals surface area (Å²) in [5, 5.41) is 6.47. The van der Waals surface area contributed by atoms with Gasteiger partial charge in [0.1, 0.15) is 11.2 Å². The van der Waals surface area contributed by atoms with Crippen molar-refractivity contribution in [2.45, 2.75) is 38.9 Å². The lowest BCUT2D eigenvalue weighted by atomic mass is 9.78. The zero-order chi connectivity index (χ0) is 22.5. The monoisotopic (exact) mass is 434 g/mol. The largest absolute Gasteiger partial charge is 0.498 e. The first kappa shape index (κ1) is 19.2. The number of benzene rings is 4. The quantitative estimate of drug-likeness (QED) is 0.263. The fourth-order valence-electron chi connectivity index (χ4n) is 5.00. The highest BCUT2D eigenvalue weighted by atomic mass is 16.7. The lowest BCUT2D eigenvalue weighted by Gasteiger charge is -2.32. The number of hydrogen-bond acceptors (Lipinski definition) is 4. The SMILES string of the molecule is CC1(C)OB(c2cccc3c2oc2c3ccc3c4ccc5ccccc5c4oc32)OC1(C)C. The van der Waals surface area contributed by atoms with Gasteiger partial charge in [0.15, 0.2) is 11.2 Å². The fraction of sp³-hybridized carbons (Fsp3) is 0.214. The van der Waals surface area contributed by atoms with E-state index in [4.69, 9.17) is 18.1 Å². The fourth-order valence-corrected chi connectivity index (χ4v) is 5.00. The van der Waals surface area contributed by atoms with Crippen molar-refractivity contribution < 1.29 is 18.1 Å². The van der Waals surface area contributed by atoms with E-state index in [9.17, 15) is 0 Å². The van der Waals surface area contributed by atoms with Gasteiger partial charge in [0.2, 0.25) is 0 Å². The van der Waals surface area contributed by atoms with E-state index >= 15 is 0 Å². The highest BCUT2D eigenvalue weighted by molar-refractivity contribution is 6.65. The van der Waals surface area contributed by atoms with Crippen LogP contribution in [0.1, 0.15) is 27.7 Å². The van der Waals surface area contributed by atoms with E-state index in [-0.39, 0.29) is 0 Å². The predicted octanol–water partition coefficient (Wildman–Crippen LogP) is 6.94. The summed E-state index contributed by atoms with van der Waals surface area (Å²) in [4.78, 5) is 0. The average molecular weight is 434 g/mol. The molecule has 7 rings (SSSR count). The molecule has 6 aromatic rings. The topological polar surface area (TPSA) is 44.7 Å². The van der Waals surface area contributed by atoms with Gasteiger partial charge in [-0.05, 0) is 51.3 Å². The molecule has 0 saturated carbocycles. The second-order valence-corrected chi connectivity index (χ2v) is 10.00. The van der Waals surface area contributed by atoms with E-state index in [2.05, 4.69) is 70.2 Å². The molecule has 0 bridgehead atoms. The predicted molar refractivity (Wildman–Crippen MR) is 134 cm³/mol. The lowest BCUT2D eigenvalue weighted by Crippen LogP contribution is -2.41. The smallest absolute Gasteiger partial charge is 0.452 e. The van der Waals surface area contributed by atoms with Crippen molar-refractivity contribution >= 4 is 67.2 Å². The van der Waals surface area contributed by atoms with Crippen molar-refractivity contribution in [1.82, 2.24) is 0 Å². The number of furan rings is 2. The summed E-state index contributed by atoms with van der Waals surface area (Å²) in [5.74, 6) is 0. The summed E-state index contributed by atoms with van der Waals surface area (Å²) in [6.07, 6.45) is 0. The van der Waals surface area contributed by atoms with Crippen molar-refractivity contribution in [3.8, 4) is 0 Å². The third-order valence-electron chi connectivity index (χ3n) is 7.53. The minimum absolute atomic E-state index is 0.418. The van der Waals surface area contributed by atoms with Gasteiger partial charge >= 0.3 is 7.12 Å². The van der Waals surface area contributed by atoms with E-state index in [1.54, 1.807) is 0 Å². The Kier molecular flexibility index (Phi) is 3.60. The molecule has 162 valence electrons. The second-order valence-electron chi connectivity index (χ2n) is 10.00. The zero-order valence-corrected chi connectivity index (χ0v) is 19.1. The Balaban J connectivity index is 1.51. The third kappa shape index (κ3) is 2.49. The van der Waals surface area contributed by atoms with Gasteiger partial charge in [0.25, 0.3) is 0 Å². The van der Waals surface area contributed by atoms with Gasteiger partial charge in [-0.1, -0.05) is 48.5 Å². The highest BCUT2D eigenvalue weighted by Crippen LogP contribution is 2.41. The number of hydrogen-bond donors (Lipinski definition) is 0. The lowest BCUT2D eigenvalue weighted by molar-refractivity contribution is 0.00578. The normalized spacial score (nSPS) is 17.9. The first-order valence-electron chi connectivity index (χ1n) is 11.4. The van der Waals surface area contributed by atoms with Crippen molar-refractivity contribution in [3.05, 3.63) is 66.7 Å². The Morgan fingerprint density at radius 2 is 1.06 bits per heavy atom. The van der Waals surface area contributed by atoms with Crippen LogP contribution in [-0.4, -0.2) is 18.3 Å². The van der Waals surface area contributed by atoms with Crippen LogP contribution in [0.15, 0.2) is 75.6 Å². The molecule has 3 heterocycles. The minimum atomic E-state index is -0.491. The van der Waals surface area contributed by atoms with Crippen molar-refractivity contribution in [2.75, 3.05) is 0 Å². The molecule has 1 fully saturated rings. The molecule has 0 amide bonds. The van der Waals surface area contributed by atoms with Crippen LogP contribution >= 0.6 is 0 Å². The average Bonchev–Trinajstić information content (AvgIpc) is 3.42. The summed E-state index contributed by atoms with van der Waals surface area (Å²) in [5.41, 5.74) is 3.27. The number of fused-ring (bicyclic) bond motifs is 9. The van der Waals surface area contributed by atoms with Crippen LogP contribution in [0.5, 0.6) is 0 Å². The van der Waals surface area contributed by atoms with Gasteiger partial charge in [-0.15, -0.1) is 0 Å². The van der Waals surface area contributed by atoms with Crippen molar-refractivity contribution in [3.63, 3.8) is 0 Å². The molecule has 4 aromatic carbocycles. The van der Waals surface area contributed by atoms with Gasteiger partial charge < -0.3 is 18.1 Å². The van der Waals surface area contributed by atoms with Gasteiger partial charge in [0.05, 0.1) is 11.2 Å². The standard InChI is InChI=1S/C28H23BO4/c1-27(2)28(3,4)33-29(32-27)22-11-7-10-18-20-14-15-21-19-13-12-16-8-5-6-9-17(16)23(19)30-25(21)26(20)31-24(18)22/h5-15H,1-4H3. The van der Waals surface area contributed by atoms with Gasteiger partial charge in [-0.25, -0.2) is 0 Å². The molecule has 0 unspecified atom stereocenters. The van der Waals surface area contributed by atoms with Crippen LogP contribution in [0.4, 0.5) is 0 Å². The highest BCUT2D eigenvalue weighted by Gasteiger charge is 2.52. The van der Waals surface area contributed by atoms with E-state index in [1.807, 2.05) is 24.3 Å². The van der Waals surface area contributed by atoms with Crippen LogP contribution < -0.4 is 5.46 Å². The van der Waals surface area contributed by atoms with Crippen LogP contribution in [0.25, 0.3) is 54.6 Å². The Hall–Kier alpha value is -3.28. The van der Waals surface area contributed by atoms with Crippen molar-refractivity contribution in [2.24, 2.45) is 0 Å². The van der Waals surface area contributed by atoms with Crippen molar-refractivity contribution in [1.29, 1.82) is 0 Å². The molecular formula is C28H23BO4. The number of rotatable bonds is 1. The van der Waals surface area contributed by atoms with E-state index < -0.39 is 18.3 Å². The maximum Gasteiger partial charge on any atom is 0.498 e. The van der Waals surface area contributed by atoms with Crippen LogP contribution in [0, 0.1) is 0 Å². The summed E-state index contributed by atoms with van der Waals surface area (Å²) in [7, 11) is -0.491. The van der Waals surface area contributed by atoms with Gasteiger partial charge in [-0.3, -0.25) is 0 Å². The first-order valence-corrected chi connectivity index (χ1v) is 11.4. The summed E-state index contributed by atoms with van der Waals surface area (Å²) < 4.78 is 25.7. The molecule has 1 aliphatic heterocycles. The Morgan fingerprint density at radius 3 is 1.79 bits per heavy atom. The van der Waals surface area contributed by atoms with E-state index in [0.29, 0.717) is 0 Å². The maximum absolute atomic E-state index is 6.53. The summed E-state index contributed by atoms with van der Waals surface area (Å²) >= 11 is 0. The first-order chi connectivity index (χ1) is 15.8. The minimum Gasteiger partial charge on any atom is -0.452 e. The molecular weight excluding hydrogens is 411 g/mol. The zero-order valence-electron chi connectivity index (χ0n) is 19.1. The van der Waals surface area contributed by atoms with E-state index in [1.165, 1.54) is 0 Å².